The van der Waals surface area contributed by atoms with Gasteiger partial charge in [0.05, 0.1) is 6.61 Å². The van der Waals surface area contributed by atoms with Crippen LogP contribution < -0.4 is 0 Å². The molecule has 19 heavy (non-hydrogen) atoms. The molecule has 1 aromatic rings. The van der Waals surface area contributed by atoms with Crippen molar-refractivity contribution in [2.24, 2.45) is 0 Å². The number of para-hydroxylation sites is 1. The smallest absolute Gasteiger partial charge is 0.341 e. The van der Waals surface area contributed by atoms with E-state index in [0.717, 1.165) is 12.8 Å². The highest BCUT2D eigenvalue weighted by atomic mass is 27.0. The molecule has 0 aliphatic rings. The number of unbranched alkanes of at least 4 members (excludes halogenated alkanes) is 5. The summed E-state index contributed by atoms with van der Waals surface area (Å²) in [7, 11) is 0. The van der Waals surface area contributed by atoms with Gasteiger partial charge in [0.25, 0.3) is 0 Å². The molecule has 0 heterocycles. The van der Waals surface area contributed by atoms with E-state index in [2.05, 4.69) is 6.92 Å². The molecule has 0 amide bonds. The van der Waals surface area contributed by atoms with Crippen molar-refractivity contribution in [3.05, 3.63) is 29.8 Å². The Hall–Kier alpha value is -0.978. The third-order valence-corrected chi connectivity index (χ3v) is 2.86. The summed E-state index contributed by atoms with van der Waals surface area (Å²) in [5, 5.41) is 9.48. The van der Waals surface area contributed by atoms with E-state index in [1.54, 1.807) is 18.2 Å². The molecule has 0 saturated heterocycles. The van der Waals surface area contributed by atoms with Crippen LogP contribution in [0.5, 0.6) is 5.75 Å². The van der Waals surface area contributed by atoms with Crippen LogP contribution >= 0.6 is 0 Å². The summed E-state index contributed by atoms with van der Waals surface area (Å²) in [5.74, 6) is -0.466. The zero-order chi connectivity index (χ0) is 13.2. The van der Waals surface area contributed by atoms with E-state index >= 15 is 0 Å². The van der Waals surface area contributed by atoms with E-state index in [-0.39, 0.29) is 28.7 Å². The molecule has 0 aromatic heterocycles. The van der Waals surface area contributed by atoms with E-state index in [9.17, 15) is 9.90 Å². The Balaban J connectivity index is 0.00000324. The van der Waals surface area contributed by atoms with Gasteiger partial charge in [-0.1, -0.05) is 51.2 Å². The highest BCUT2D eigenvalue weighted by Gasteiger charge is 2.10. The number of hydrogen-bond acceptors (Lipinski definition) is 3. The van der Waals surface area contributed by atoms with Gasteiger partial charge < -0.3 is 9.84 Å². The van der Waals surface area contributed by atoms with Crippen molar-refractivity contribution in [1.29, 1.82) is 0 Å². The lowest BCUT2D eigenvalue weighted by molar-refractivity contribution is 0.0494. The Bertz CT molecular complexity index is 366. The predicted molar refractivity (Wildman–Crippen MR) is 77.5 cm³/mol. The minimum atomic E-state index is -0.443. The molecule has 0 aliphatic carbocycles. The molecule has 3 nitrogen and oxygen atoms in total. The average Bonchev–Trinajstić information content (AvgIpc) is 2.38. The normalized spacial score (nSPS) is 9.74. The number of rotatable bonds is 8. The van der Waals surface area contributed by atoms with Crippen molar-refractivity contribution in [2.45, 2.75) is 45.4 Å². The largest absolute Gasteiger partial charge is 0.507 e. The number of carbonyl (C=O) groups excluding carboxylic acids is 1. The number of esters is 1. The van der Waals surface area contributed by atoms with Gasteiger partial charge in [-0.25, -0.2) is 4.79 Å². The van der Waals surface area contributed by atoms with Crippen LogP contribution in [-0.2, 0) is 4.74 Å². The summed E-state index contributed by atoms with van der Waals surface area (Å²) >= 11 is 0. The van der Waals surface area contributed by atoms with Crippen LogP contribution in [0.2, 0.25) is 0 Å². The van der Waals surface area contributed by atoms with Gasteiger partial charge in [-0.05, 0) is 18.6 Å². The van der Waals surface area contributed by atoms with Gasteiger partial charge in [0, 0.05) is 17.4 Å². The number of ether oxygens (including phenoxy) is 1. The SMILES string of the molecule is CCCCCCCCOC(=O)c1ccccc1O.[Al]. The first-order valence-corrected chi connectivity index (χ1v) is 6.70. The molecule has 0 saturated carbocycles. The minimum absolute atomic E-state index is 0. The molecule has 0 bridgehead atoms. The number of carbonyl (C=O) groups is 1. The van der Waals surface area contributed by atoms with Gasteiger partial charge in [0.2, 0.25) is 0 Å². The van der Waals surface area contributed by atoms with Gasteiger partial charge in [0.1, 0.15) is 11.3 Å². The Morgan fingerprint density at radius 1 is 1.11 bits per heavy atom. The lowest BCUT2D eigenvalue weighted by Crippen LogP contribution is -2.06. The third-order valence-electron chi connectivity index (χ3n) is 2.86. The van der Waals surface area contributed by atoms with Crippen LogP contribution in [-0.4, -0.2) is 35.0 Å². The number of aromatic hydroxyl groups is 1. The lowest BCUT2D eigenvalue weighted by Gasteiger charge is -2.06. The first-order valence-electron chi connectivity index (χ1n) is 6.70. The topological polar surface area (TPSA) is 46.5 Å². The molecule has 0 atom stereocenters. The van der Waals surface area contributed by atoms with Crippen molar-refractivity contribution in [2.75, 3.05) is 6.61 Å². The molecule has 1 rings (SSSR count). The molecule has 0 spiro atoms. The summed E-state index contributed by atoms with van der Waals surface area (Å²) in [6, 6.07) is 6.45. The molecule has 1 N–H and O–H groups in total. The van der Waals surface area contributed by atoms with Crippen LogP contribution in [0.1, 0.15) is 55.8 Å². The van der Waals surface area contributed by atoms with Gasteiger partial charge in [-0.2, -0.15) is 0 Å². The maximum absolute atomic E-state index is 11.6. The summed E-state index contributed by atoms with van der Waals surface area (Å²) in [6.07, 6.45) is 6.95. The molecular weight excluding hydrogens is 255 g/mol. The van der Waals surface area contributed by atoms with E-state index < -0.39 is 5.97 Å². The van der Waals surface area contributed by atoms with Crippen LogP contribution in [0.4, 0.5) is 0 Å². The summed E-state index contributed by atoms with van der Waals surface area (Å²) in [6.45, 7) is 2.62. The van der Waals surface area contributed by atoms with Crippen molar-refractivity contribution in [3.8, 4) is 5.75 Å². The van der Waals surface area contributed by atoms with Gasteiger partial charge in [0.15, 0.2) is 0 Å². The fourth-order valence-electron chi connectivity index (χ4n) is 1.77. The minimum Gasteiger partial charge on any atom is -0.507 e. The van der Waals surface area contributed by atoms with Crippen molar-refractivity contribution in [3.63, 3.8) is 0 Å². The fraction of sp³-hybridized carbons (Fsp3) is 0.533. The number of phenolic OH excluding ortho intramolecular Hbond substituents is 1. The molecule has 0 unspecified atom stereocenters. The second-order valence-electron chi connectivity index (χ2n) is 4.42. The van der Waals surface area contributed by atoms with E-state index in [0.29, 0.717) is 6.61 Å². The lowest BCUT2D eigenvalue weighted by atomic mass is 10.1. The molecule has 4 heteroatoms. The summed E-state index contributed by atoms with van der Waals surface area (Å²) < 4.78 is 5.12. The van der Waals surface area contributed by atoms with Crippen molar-refractivity contribution in [1.82, 2.24) is 0 Å². The van der Waals surface area contributed by atoms with E-state index in [4.69, 9.17) is 4.74 Å². The maximum atomic E-state index is 11.6. The molecular formula is C15H22AlO3. The predicted octanol–water partition coefficient (Wildman–Crippen LogP) is 3.53. The maximum Gasteiger partial charge on any atom is 0.341 e. The molecule has 0 fully saturated rings. The van der Waals surface area contributed by atoms with Gasteiger partial charge >= 0.3 is 5.97 Å². The number of benzene rings is 1. The first kappa shape index (κ1) is 18.0. The van der Waals surface area contributed by atoms with Crippen LogP contribution in [0, 0.1) is 0 Å². The summed E-state index contributed by atoms with van der Waals surface area (Å²) in [5.41, 5.74) is 0.239. The van der Waals surface area contributed by atoms with E-state index in [1.165, 1.54) is 31.7 Å². The van der Waals surface area contributed by atoms with Crippen LogP contribution in [0.15, 0.2) is 24.3 Å². The Labute approximate surface area is 126 Å². The Morgan fingerprint density at radius 3 is 2.42 bits per heavy atom. The Kier molecular flexibility index (Phi) is 10.3. The second kappa shape index (κ2) is 10.9. The van der Waals surface area contributed by atoms with E-state index in [1.807, 2.05) is 0 Å². The number of phenols is 1. The Morgan fingerprint density at radius 2 is 1.74 bits per heavy atom. The van der Waals surface area contributed by atoms with Gasteiger partial charge in [-0.15, -0.1) is 0 Å². The second-order valence-corrected chi connectivity index (χ2v) is 4.42. The standard InChI is InChI=1S/C15H22O3.Al/c1-2-3-4-5-6-9-12-18-15(17)13-10-7-8-11-14(13)16;/h7-8,10-11,16H,2-6,9,12H2,1H3;. The molecule has 0 aliphatic heterocycles. The first-order chi connectivity index (χ1) is 8.75. The summed E-state index contributed by atoms with van der Waals surface area (Å²) in [4.78, 5) is 11.6. The molecule has 1 aromatic carbocycles. The molecule has 103 valence electrons. The van der Waals surface area contributed by atoms with Crippen LogP contribution in [0.25, 0.3) is 0 Å². The monoisotopic (exact) mass is 277 g/mol. The molecule has 3 radical (unpaired) electrons. The average molecular weight is 277 g/mol. The fourth-order valence-corrected chi connectivity index (χ4v) is 1.77. The van der Waals surface area contributed by atoms with Crippen molar-refractivity contribution >= 4 is 23.3 Å². The highest BCUT2D eigenvalue weighted by molar-refractivity contribution is 5.92. The zero-order valence-corrected chi connectivity index (χ0v) is 12.8. The highest BCUT2D eigenvalue weighted by Crippen LogP contribution is 2.16. The van der Waals surface area contributed by atoms with Gasteiger partial charge in [-0.3, -0.25) is 0 Å². The zero-order valence-electron chi connectivity index (χ0n) is 11.6. The van der Waals surface area contributed by atoms with Crippen molar-refractivity contribution < 1.29 is 14.6 Å². The van der Waals surface area contributed by atoms with Crippen LogP contribution in [0.3, 0.4) is 0 Å². The third kappa shape index (κ3) is 7.25. The number of hydrogen-bond donors (Lipinski definition) is 1. The quantitative estimate of drug-likeness (QED) is 0.449.